The first-order valence-electron chi connectivity index (χ1n) is 8.29. The maximum Gasteiger partial charge on any atom is 0.186 e. The number of ether oxygens (including phenoxy) is 1. The predicted molar refractivity (Wildman–Crippen MR) is 91.8 cm³/mol. The fraction of sp³-hybridized carbons (Fsp3) is 0.588. The Morgan fingerprint density at radius 1 is 1.27 bits per heavy atom. The number of anilines is 1. The van der Waals surface area contributed by atoms with Crippen molar-refractivity contribution in [2.45, 2.75) is 31.8 Å². The van der Waals surface area contributed by atoms with Crippen LogP contribution in [0.3, 0.4) is 0 Å². The summed E-state index contributed by atoms with van der Waals surface area (Å²) in [5.74, 6) is 0. The number of para-hydroxylation sites is 1. The Morgan fingerprint density at radius 3 is 3.05 bits per heavy atom. The fourth-order valence-corrected chi connectivity index (χ4v) is 4.69. The lowest BCUT2D eigenvalue weighted by atomic mass is 10.0. The van der Waals surface area contributed by atoms with Gasteiger partial charge in [-0.2, -0.15) is 0 Å². The Morgan fingerprint density at radius 2 is 2.18 bits per heavy atom. The molecule has 0 radical (unpaired) electrons. The summed E-state index contributed by atoms with van der Waals surface area (Å²) in [5, 5.41) is 1.17. The molecule has 2 saturated heterocycles. The lowest BCUT2D eigenvalue weighted by molar-refractivity contribution is -0.0557. The van der Waals surface area contributed by atoms with Gasteiger partial charge in [0.05, 0.1) is 29.5 Å². The van der Waals surface area contributed by atoms with Crippen molar-refractivity contribution in [1.29, 1.82) is 0 Å². The Labute approximate surface area is 135 Å². The zero-order valence-corrected chi connectivity index (χ0v) is 13.9. The largest absolute Gasteiger partial charge is 0.378 e. The molecule has 0 aliphatic carbocycles. The fourth-order valence-electron chi connectivity index (χ4n) is 3.69. The highest BCUT2D eigenvalue weighted by atomic mass is 32.1. The van der Waals surface area contributed by atoms with Gasteiger partial charge >= 0.3 is 0 Å². The minimum Gasteiger partial charge on any atom is -0.378 e. The smallest absolute Gasteiger partial charge is 0.186 e. The van der Waals surface area contributed by atoms with Crippen LogP contribution in [0, 0.1) is 0 Å². The van der Waals surface area contributed by atoms with Gasteiger partial charge in [0.15, 0.2) is 5.13 Å². The molecule has 2 aromatic rings. The molecule has 4 rings (SSSR count). The minimum absolute atomic E-state index is 0.520. The molecule has 2 aliphatic heterocycles. The highest BCUT2D eigenvalue weighted by Gasteiger charge is 2.35. The quantitative estimate of drug-likeness (QED) is 0.870. The number of thiazole rings is 1. The summed E-state index contributed by atoms with van der Waals surface area (Å²) in [5.41, 5.74) is 1.12. The van der Waals surface area contributed by atoms with E-state index in [-0.39, 0.29) is 0 Å². The summed E-state index contributed by atoms with van der Waals surface area (Å²) in [6, 6.07) is 9.55. The lowest BCUT2D eigenvalue weighted by Crippen LogP contribution is -2.62. The molecule has 0 saturated carbocycles. The summed E-state index contributed by atoms with van der Waals surface area (Å²) in [4.78, 5) is 9.94. The van der Waals surface area contributed by atoms with Gasteiger partial charge in [0.1, 0.15) is 0 Å². The molecule has 1 aromatic heterocycles. The van der Waals surface area contributed by atoms with Crippen molar-refractivity contribution in [3.63, 3.8) is 0 Å². The normalized spacial score (nSPS) is 26.3. The van der Waals surface area contributed by atoms with E-state index in [1.807, 2.05) is 11.3 Å². The van der Waals surface area contributed by atoms with Crippen molar-refractivity contribution in [2.24, 2.45) is 0 Å². The molecular formula is C17H23N3OS. The average Bonchev–Trinajstić information content (AvgIpc) is 2.99. The van der Waals surface area contributed by atoms with Crippen LogP contribution in [0.1, 0.15) is 19.8 Å². The number of nitrogens with zero attached hydrogens (tertiary/aromatic N) is 3. The highest BCUT2D eigenvalue weighted by Crippen LogP contribution is 2.31. The van der Waals surface area contributed by atoms with Crippen LogP contribution in [0.4, 0.5) is 5.13 Å². The molecule has 3 heterocycles. The van der Waals surface area contributed by atoms with Crippen molar-refractivity contribution in [2.75, 3.05) is 37.7 Å². The number of aromatic nitrogens is 1. The molecule has 118 valence electrons. The van der Waals surface area contributed by atoms with E-state index in [0.717, 1.165) is 38.4 Å². The second-order valence-electron chi connectivity index (χ2n) is 6.28. The molecule has 0 N–H and O–H groups in total. The second kappa shape index (κ2) is 6.14. The van der Waals surface area contributed by atoms with Crippen molar-refractivity contribution in [3.8, 4) is 0 Å². The standard InChI is InChI=1S/C17H23N3OS/c1-2-5-13-11-21-12-14-10-19(8-9-20(13)14)17-18-15-6-3-4-7-16(15)22-17/h3-4,6-7,13-14H,2,5,8-12H2,1H3/t13-,14+/m0/s1. The monoisotopic (exact) mass is 317 g/mol. The summed E-state index contributed by atoms with van der Waals surface area (Å²) in [7, 11) is 0. The molecule has 2 atom stereocenters. The molecule has 5 heteroatoms. The maximum atomic E-state index is 5.86. The predicted octanol–water partition coefficient (Wildman–Crippen LogP) is 2.99. The third-order valence-electron chi connectivity index (χ3n) is 4.79. The summed E-state index contributed by atoms with van der Waals surface area (Å²) < 4.78 is 7.14. The van der Waals surface area contributed by atoms with Crippen LogP contribution in [0.2, 0.25) is 0 Å². The second-order valence-corrected chi connectivity index (χ2v) is 7.29. The van der Waals surface area contributed by atoms with Crippen LogP contribution in [0.5, 0.6) is 0 Å². The van der Waals surface area contributed by atoms with E-state index in [4.69, 9.17) is 9.72 Å². The number of benzene rings is 1. The van der Waals surface area contributed by atoms with E-state index in [9.17, 15) is 0 Å². The first kappa shape index (κ1) is 14.4. The molecule has 2 fully saturated rings. The van der Waals surface area contributed by atoms with Gasteiger partial charge in [-0.05, 0) is 18.6 Å². The number of piperazine rings is 1. The van der Waals surface area contributed by atoms with Crippen molar-refractivity contribution >= 4 is 26.7 Å². The Kier molecular flexibility index (Phi) is 4.03. The SMILES string of the molecule is CCC[C@H]1COC[C@H]2CN(c3nc4ccccc4s3)CCN12. The van der Waals surface area contributed by atoms with Gasteiger partial charge < -0.3 is 9.64 Å². The number of hydrogen-bond donors (Lipinski definition) is 0. The van der Waals surface area contributed by atoms with Crippen LogP contribution >= 0.6 is 11.3 Å². The topological polar surface area (TPSA) is 28.6 Å². The first-order valence-corrected chi connectivity index (χ1v) is 9.11. The third kappa shape index (κ3) is 2.62. The molecule has 0 spiro atoms. The summed E-state index contributed by atoms with van der Waals surface area (Å²) in [6.45, 7) is 7.29. The van der Waals surface area contributed by atoms with E-state index >= 15 is 0 Å². The molecule has 22 heavy (non-hydrogen) atoms. The van der Waals surface area contributed by atoms with Gasteiger partial charge in [-0.25, -0.2) is 4.98 Å². The van der Waals surface area contributed by atoms with Crippen molar-refractivity contribution < 1.29 is 4.74 Å². The molecule has 0 amide bonds. The average molecular weight is 317 g/mol. The van der Waals surface area contributed by atoms with Crippen molar-refractivity contribution in [3.05, 3.63) is 24.3 Å². The van der Waals surface area contributed by atoms with Gasteiger partial charge in [-0.3, -0.25) is 4.90 Å². The minimum atomic E-state index is 0.520. The molecule has 0 bridgehead atoms. The Bertz CT molecular complexity index is 609. The number of fused-ring (bicyclic) bond motifs is 2. The van der Waals surface area contributed by atoms with E-state index in [1.54, 1.807) is 0 Å². The zero-order valence-electron chi connectivity index (χ0n) is 13.1. The third-order valence-corrected chi connectivity index (χ3v) is 5.89. The van der Waals surface area contributed by atoms with Gasteiger partial charge in [0.2, 0.25) is 0 Å². The van der Waals surface area contributed by atoms with Gasteiger partial charge in [0.25, 0.3) is 0 Å². The van der Waals surface area contributed by atoms with Crippen LogP contribution in [0.25, 0.3) is 10.2 Å². The van der Waals surface area contributed by atoms with E-state index in [2.05, 4.69) is 41.0 Å². The highest BCUT2D eigenvalue weighted by molar-refractivity contribution is 7.22. The summed E-state index contributed by atoms with van der Waals surface area (Å²) in [6.07, 6.45) is 2.48. The molecule has 4 nitrogen and oxygen atoms in total. The van der Waals surface area contributed by atoms with Crippen LogP contribution in [0.15, 0.2) is 24.3 Å². The van der Waals surface area contributed by atoms with E-state index in [0.29, 0.717) is 12.1 Å². The van der Waals surface area contributed by atoms with Gasteiger partial charge in [0, 0.05) is 25.7 Å². The van der Waals surface area contributed by atoms with E-state index in [1.165, 1.54) is 22.7 Å². The number of morpholine rings is 1. The van der Waals surface area contributed by atoms with Crippen LogP contribution in [-0.2, 0) is 4.74 Å². The van der Waals surface area contributed by atoms with Crippen molar-refractivity contribution in [1.82, 2.24) is 9.88 Å². The Hall–Kier alpha value is -1.17. The van der Waals surface area contributed by atoms with Crippen LogP contribution in [-0.4, -0.2) is 54.8 Å². The number of hydrogen-bond acceptors (Lipinski definition) is 5. The number of rotatable bonds is 3. The molecule has 0 unspecified atom stereocenters. The first-order chi connectivity index (χ1) is 10.8. The molecule has 2 aliphatic rings. The van der Waals surface area contributed by atoms with E-state index < -0.39 is 0 Å². The van der Waals surface area contributed by atoms with Crippen LogP contribution < -0.4 is 4.90 Å². The van der Waals surface area contributed by atoms with Gasteiger partial charge in [-0.1, -0.05) is 36.8 Å². The zero-order chi connectivity index (χ0) is 14.9. The van der Waals surface area contributed by atoms with Gasteiger partial charge in [-0.15, -0.1) is 0 Å². The Balaban J connectivity index is 1.51. The summed E-state index contributed by atoms with van der Waals surface area (Å²) >= 11 is 1.81. The lowest BCUT2D eigenvalue weighted by Gasteiger charge is -2.48. The maximum absolute atomic E-state index is 5.86. The molecular weight excluding hydrogens is 294 g/mol. The molecule has 1 aromatic carbocycles.